The number of benzene rings is 2. The van der Waals surface area contributed by atoms with Crippen LogP contribution in [0.2, 0.25) is 0 Å². The summed E-state index contributed by atoms with van der Waals surface area (Å²) >= 11 is 0. The van der Waals surface area contributed by atoms with Gasteiger partial charge in [-0.05, 0) is 44.5 Å². The third kappa shape index (κ3) is 3.40. The lowest BCUT2D eigenvalue weighted by atomic mass is 10.0. The van der Waals surface area contributed by atoms with Crippen LogP contribution in [-0.4, -0.2) is 27.3 Å². The Bertz CT molecular complexity index is 946. The van der Waals surface area contributed by atoms with Crippen molar-refractivity contribution in [1.82, 2.24) is 4.57 Å². The van der Waals surface area contributed by atoms with Crippen LogP contribution < -0.4 is 0 Å². The fourth-order valence-corrected chi connectivity index (χ4v) is 2.66. The summed E-state index contributed by atoms with van der Waals surface area (Å²) in [6.07, 6.45) is 1.28. The lowest BCUT2D eigenvalue weighted by Gasteiger charge is -2.19. The maximum absolute atomic E-state index is 12.5. The Morgan fingerprint density at radius 1 is 1.00 bits per heavy atom. The molecule has 0 aliphatic heterocycles. The number of hydrogen-bond acceptors (Lipinski definition) is 3. The topological polar surface area (TPSA) is 68.5 Å². The van der Waals surface area contributed by atoms with Crippen LogP contribution in [0.25, 0.3) is 22.0 Å². The van der Waals surface area contributed by atoms with Crippen molar-refractivity contribution in [2.75, 3.05) is 0 Å². The highest BCUT2D eigenvalue weighted by Crippen LogP contribution is 2.31. The Morgan fingerprint density at radius 2 is 1.64 bits per heavy atom. The molecule has 0 aliphatic rings. The summed E-state index contributed by atoms with van der Waals surface area (Å²) in [7, 11) is 0. The molecule has 0 saturated heterocycles. The number of aromatic nitrogens is 1. The summed E-state index contributed by atoms with van der Waals surface area (Å²) in [5.74, 6) is -0.970. The third-order valence-electron chi connectivity index (χ3n) is 3.75. The lowest BCUT2D eigenvalue weighted by molar-refractivity contribution is 0.0544. The van der Waals surface area contributed by atoms with Crippen molar-refractivity contribution in [3.05, 3.63) is 60.3 Å². The van der Waals surface area contributed by atoms with Gasteiger partial charge in [-0.3, -0.25) is 4.57 Å². The van der Waals surface area contributed by atoms with Gasteiger partial charge in [0.2, 0.25) is 0 Å². The second kappa shape index (κ2) is 6.09. The quantitative estimate of drug-likeness (QED) is 0.730. The standard InChI is InChI=1S/C20H19NO4/c1-20(2,3)25-19(24)21-12-16(15-6-4-5-7-17(15)21)13-8-10-14(11-9-13)18(22)23/h4-12H,1-3H3,(H,22,23). The summed E-state index contributed by atoms with van der Waals surface area (Å²) in [6, 6.07) is 14.1. The number of ether oxygens (including phenoxy) is 1. The summed E-state index contributed by atoms with van der Waals surface area (Å²) in [6.45, 7) is 5.46. The van der Waals surface area contributed by atoms with E-state index >= 15 is 0 Å². The molecule has 0 bridgehead atoms. The molecule has 1 N–H and O–H groups in total. The fourth-order valence-electron chi connectivity index (χ4n) is 2.66. The van der Waals surface area contributed by atoms with Crippen molar-refractivity contribution >= 4 is 23.0 Å². The maximum atomic E-state index is 12.5. The minimum absolute atomic E-state index is 0.222. The molecule has 128 valence electrons. The molecule has 0 unspecified atom stereocenters. The first-order valence-corrected chi connectivity index (χ1v) is 7.93. The van der Waals surface area contributed by atoms with Crippen molar-refractivity contribution in [2.45, 2.75) is 26.4 Å². The Morgan fingerprint density at radius 3 is 2.24 bits per heavy atom. The predicted molar refractivity (Wildman–Crippen MR) is 96.0 cm³/mol. The van der Waals surface area contributed by atoms with E-state index < -0.39 is 17.7 Å². The van der Waals surface area contributed by atoms with Gasteiger partial charge in [-0.15, -0.1) is 0 Å². The highest BCUT2D eigenvalue weighted by atomic mass is 16.6. The van der Waals surface area contributed by atoms with Gasteiger partial charge >= 0.3 is 12.1 Å². The number of carbonyl (C=O) groups excluding carboxylic acids is 1. The van der Waals surface area contributed by atoms with Gasteiger partial charge in [-0.25, -0.2) is 9.59 Å². The first kappa shape index (κ1) is 16.8. The lowest BCUT2D eigenvalue weighted by Crippen LogP contribution is -2.26. The fraction of sp³-hybridized carbons (Fsp3) is 0.200. The van der Waals surface area contributed by atoms with Gasteiger partial charge in [0, 0.05) is 17.1 Å². The van der Waals surface area contributed by atoms with Crippen molar-refractivity contribution in [3.8, 4) is 11.1 Å². The molecular weight excluding hydrogens is 318 g/mol. The summed E-state index contributed by atoms with van der Waals surface area (Å²) in [4.78, 5) is 23.5. The molecule has 3 aromatic rings. The number of carbonyl (C=O) groups is 2. The molecule has 1 heterocycles. The Hall–Kier alpha value is -3.08. The van der Waals surface area contributed by atoms with E-state index in [0.29, 0.717) is 0 Å². The van der Waals surface area contributed by atoms with E-state index in [9.17, 15) is 9.59 Å². The number of carboxylic acids is 1. The van der Waals surface area contributed by atoms with Gasteiger partial charge in [-0.1, -0.05) is 30.3 Å². The number of hydrogen-bond donors (Lipinski definition) is 1. The van der Waals surface area contributed by atoms with Crippen molar-refractivity contribution in [3.63, 3.8) is 0 Å². The van der Waals surface area contributed by atoms with Gasteiger partial charge in [0.25, 0.3) is 0 Å². The zero-order chi connectivity index (χ0) is 18.2. The second-order valence-corrected chi connectivity index (χ2v) is 6.79. The molecule has 3 rings (SSSR count). The largest absolute Gasteiger partial charge is 0.478 e. The SMILES string of the molecule is CC(C)(C)OC(=O)n1cc(-c2ccc(C(=O)O)cc2)c2ccccc21. The summed E-state index contributed by atoms with van der Waals surface area (Å²) in [5, 5.41) is 9.94. The van der Waals surface area contributed by atoms with Crippen molar-refractivity contribution < 1.29 is 19.4 Å². The first-order chi connectivity index (χ1) is 11.8. The van der Waals surface area contributed by atoms with E-state index in [1.807, 2.05) is 45.0 Å². The Balaban J connectivity index is 2.10. The summed E-state index contributed by atoms with van der Waals surface area (Å²) < 4.78 is 6.97. The van der Waals surface area contributed by atoms with Gasteiger partial charge in [0.1, 0.15) is 5.60 Å². The Kier molecular flexibility index (Phi) is 4.08. The van der Waals surface area contributed by atoms with E-state index in [4.69, 9.17) is 9.84 Å². The number of rotatable bonds is 2. The maximum Gasteiger partial charge on any atom is 0.419 e. The number of nitrogens with zero attached hydrogens (tertiary/aromatic N) is 1. The minimum atomic E-state index is -0.970. The number of fused-ring (bicyclic) bond motifs is 1. The average molecular weight is 337 g/mol. The predicted octanol–water partition coefficient (Wildman–Crippen LogP) is 4.79. The molecule has 0 aliphatic carbocycles. The van der Waals surface area contributed by atoms with Crippen LogP contribution in [0.4, 0.5) is 4.79 Å². The van der Waals surface area contributed by atoms with Crippen LogP contribution in [-0.2, 0) is 4.74 Å². The zero-order valence-electron chi connectivity index (χ0n) is 14.3. The van der Waals surface area contributed by atoms with Crippen LogP contribution in [0, 0.1) is 0 Å². The molecular formula is C20H19NO4. The molecule has 1 aromatic heterocycles. The number of para-hydroxylation sites is 1. The van der Waals surface area contributed by atoms with E-state index in [1.54, 1.807) is 30.5 Å². The summed E-state index contributed by atoms with van der Waals surface area (Å²) in [5.41, 5.74) is 2.06. The van der Waals surface area contributed by atoms with Gasteiger partial charge in [0.15, 0.2) is 0 Å². The molecule has 25 heavy (non-hydrogen) atoms. The molecule has 0 fully saturated rings. The van der Waals surface area contributed by atoms with Gasteiger partial charge in [0.05, 0.1) is 11.1 Å². The molecule has 0 radical (unpaired) electrons. The molecule has 2 aromatic carbocycles. The normalized spacial score (nSPS) is 11.5. The highest BCUT2D eigenvalue weighted by molar-refractivity contribution is 6.01. The smallest absolute Gasteiger partial charge is 0.419 e. The second-order valence-electron chi connectivity index (χ2n) is 6.79. The number of aromatic carboxylic acids is 1. The molecule has 5 heteroatoms. The highest BCUT2D eigenvalue weighted by Gasteiger charge is 2.21. The van der Waals surface area contributed by atoms with Gasteiger partial charge < -0.3 is 9.84 Å². The molecule has 0 spiro atoms. The van der Waals surface area contributed by atoms with E-state index in [0.717, 1.165) is 22.0 Å². The third-order valence-corrected chi connectivity index (χ3v) is 3.75. The van der Waals surface area contributed by atoms with E-state index in [1.165, 1.54) is 4.57 Å². The van der Waals surface area contributed by atoms with Crippen molar-refractivity contribution in [1.29, 1.82) is 0 Å². The molecule has 0 saturated carbocycles. The van der Waals surface area contributed by atoms with Crippen molar-refractivity contribution in [2.24, 2.45) is 0 Å². The van der Waals surface area contributed by atoms with Crippen LogP contribution in [0.3, 0.4) is 0 Å². The van der Waals surface area contributed by atoms with Gasteiger partial charge in [-0.2, -0.15) is 0 Å². The first-order valence-electron chi connectivity index (χ1n) is 7.93. The zero-order valence-corrected chi connectivity index (χ0v) is 14.3. The van der Waals surface area contributed by atoms with Crippen LogP contribution in [0.1, 0.15) is 31.1 Å². The monoisotopic (exact) mass is 337 g/mol. The van der Waals surface area contributed by atoms with E-state index in [2.05, 4.69) is 0 Å². The Labute approximate surface area is 145 Å². The van der Waals surface area contributed by atoms with Crippen LogP contribution in [0.5, 0.6) is 0 Å². The van der Waals surface area contributed by atoms with Crippen LogP contribution in [0.15, 0.2) is 54.7 Å². The minimum Gasteiger partial charge on any atom is -0.478 e. The average Bonchev–Trinajstić information content (AvgIpc) is 2.93. The molecule has 5 nitrogen and oxygen atoms in total. The van der Waals surface area contributed by atoms with Crippen LogP contribution >= 0.6 is 0 Å². The van der Waals surface area contributed by atoms with E-state index in [-0.39, 0.29) is 5.56 Å². The number of carboxylic acid groups (broad SMARTS) is 1. The molecule has 0 amide bonds. The molecule has 0 atom stereocenters.